The minimum absolute atomic E-state index is 0.0984. The summed E-state index contributed by atoms with van der Waals surface area (Å²) < 4.78 is 20.0. The van der Waals surface area contributed by atoms with E-state index < -0.39 is 6.04 Å². The van der Waals surface area contributed by atoms with Gasteiger partial charge in [-0.3, -0.25) is 24.1 Å². The van der Waals surface area contributed by atoms with Gasteiger partial charge in [-0.15, -0.1) is 11.3 Å². The number of aliphatic imine (C=N–C) groups is 2. The molecule has 0 spiro atoms. The number of hydrogen-bond donors (Lipinski definition) is 8. The highest BCUT2D eigenvalue weighted by Crippen LogP contribution is 2.18. The van der Waals surface area contributed by atoms with Crippen LogP contribution in [0.1, 0.15) is 44.0 Å². The molecular formula is C43H68N12O8S2. The number of nitrogens with zero attached hydrogens (tertiary/aromatic N) is 4. The molecule has 1 unspecified atom stereocenters. The highest BCUT2D eigenvalue weighted by molar-refractivity contribution is 7.97. The van der Waals surface area contributed by atoms with E-state index in [9.17, 15) is 24.0 Å². The summed E-state index contributed by atoms with van der Waals surface area (Å²) in [6.45, 7) is 8.19. The Morgan fingerprint density at radius 2 is 1.57 bits per heavy atom. The third-order valence-electron chi connectivity index (χ3n) is 8.10. The molecule has 0 aliphatic heterocycles. The molecule has 0 bridgehead atoms. The second-order valence-electron chi connectivity index (χ2n) is 13.3. The van der Waals surface area contributed by atoms with Crippen LogP contribution in [0, 0.1) is 13.8 Å². The number of nitrogens with two attached hydrogens (primary N) is 4. The van der Waals surface area contributed by atoms with Crippen LogP contribution in [-0.2, 0) is 28.6 Å². The van der Waals surface area contributed by atoms with Crippen molar-refractivity contribution < 1.29 is 38.2 Å². The number of aryl methyl sites for hydroxylation is 1. The Bertz CT molecular complexity index is 1870. The Kier molecular flexibility index (Phi) is 35.3. The molecule has 0 saturated carbocycles. The van der Waals surface area contributed by atoms with E-state index in [1.165, 1.54) is 47.3 Å². The van der Waals surface area contributed by atoms with Crippen molar-refractivity contribution in [1.82, 2.24) is 19.9 Å². The van der Waals surface area contributed by atoms with E-state index in [0.29, 0.717) is 89.5 Å². The molecule has 22 heteroatoms. The number of rotatable bonds is 27. The first-order valence-corrected chi connectivity index (χ1v) is 22.0. The van der Waals surface area contributed by atoms with E-state index in [2.05, 4.69) is 30.7 Å². The lowest BCUT2D eigenvalue weighted by Gasteiger charge is -2.17. The van der Waals surface area contributed by atoms with Crippen molar-refractivity contribution >= 4 is 78.1 Å². The average Bonchev–Trinajstić information content (AvgIpc) is 3.73. The Balaban J connectivity index is 0.00000151. The second kappa shape index (κ2) is 38.7. The van der Waals surface area contributed by atoms with Crippen molar-refractivity contribution in [2.75, 3.05) is 98.1 Å². The largest absolute Gasteiger partial charge is 0.399 e. The first-order valence-electron chi connectivity index (χ1n) is 20.3. The fraction of sp³-hybridized carbons (Fsp3) is 0.419. The molecule has 1 heterocycles. The molecule has 3 aromatic rings. The number of thiophene rings is 1. The number of carbonyl (C=O) groups excluding carboxylic acids is 5. The van der Waals surface area contributed by atoms with Gasteiger partial charge in [-0.1, -0.05) is 12.1 Å². The minimum atomic E-state index is -0.460. The van der Waals surface area contributed by atoms with Crippen LogP contribution in [0.25, 0.3) is 0 Å². The van der Waals surface area contributed by atoms with Crippen LogP contribution in [0.15, 0.2) is 80.7 Å². The van der Waals surface area contributed by atoms with Gasteiger partial charge in [-0.2, -0.15) is 4.99 Å². The molecule has 12 N–H and O–H groups in total. The number of ether oxygens (including phenoxy) is 3. The average molecular weight is 945 g/mol. The van der Waals surface area contributed by atoms with Gasteiger partial charge in [-0.25, -0.2) is 5.84 Å². The van der Waals surface area contributed by atoms with Crippen LogP contribution in [0.3, 0.4) is 0 Å². The van der Waals surface area contributed by atoms with Crippen molar-refractivity contribution in [2.45, 2.75) is 37.6 Å². The lowest BCUT2D eigenvalue weighted by molar-refractivity contribution is -0.124. The summed E-state index contributed by atoms with van der Waals surface area (Å²) in [7, 11) is 6.80. The molecule has 0 radical (unpaired) electrons. The molecule has 360 valence electrons. The SMILES string of the molecule is CN(C=O)C(C=O)CCC=O.CN=C(N)/N=C(\N)Nc1ccc(SNCCOC/C(N)=C/N(N)CCOCCOCCNc2cccc(C=O)c2C)cc1.CNC.Cc1ccsc1C=O. The molecule has 20 nitrogen and oxygen atoms in total. The van der Waals surface area contributed by atoms with Crippen molar-refractivity contribution in [3.63, 3.8) is 0 Å². The number of likely N-dealkylation sites (N-methyl/N-ethyl adjacent to an activating group) is 1. The predicted octanol–water partition coefficient (Wildman–Crippen LogP) is 2.54. The summed E-state index contributed by atoms with van der Waals surface area (Å²) >= 11 is 2.96. The van der Waals surface area contributed by atoms with Gasteiger partial charge in [0.1, 0.15) is 18.9 Å². The van der Waals surface area contributed by atoms with Crippen LogP contribution in [0.4, 0.5) is 11.4 Å². The van der Waals surface area contributed by atoms with Gasteiger partial charge in [0, 0.05) is 61.6 Å². The van der Waals surface area contributed by atoms with Gasteiger partial charge in [0.15, 0.2) is 6.29 Å². The van der Waals surface area contributed by atoms with Gasteiger partial charge in [0.25, 0.3) is 0 Å². The monoisotopic (exact) mass is 944 g/mol. The molecule has 65 heavy (non-hydrogen) atoms. The fourth-order valence-corrected chi connectivity index (χ4v) is 5.97. The number of hydrazine groups is 1. The fourth-order valence-electron chi connectivity index (χ4n) is 4.62. The summed E-state index contributed by atoms with van der Waals surface area (Å²) in [5.74, 6) is 6.22. The number of carbonyl (C=O) groups is 5. The first kappa shape index (κ1) is 59.3. The smallest absolute Gasteiger partial charge is 0.218 e. The summed E-state index contributed by atoms with van der Waals surface area (Å²) in [5.41, 5.74) is 22.2. The Morgan fingerprint density at radius 1 is 0.892 bits per heavy atom. The van der Waals surface area contributed by atoms with Crippen LogP contribution >= 0.6 is 23.3 Å². The van der Waals surface area contributed by atoms with Gasteiger partial charge >= 0.3 is 0 Å². The summed E-state index contributed by atoms with van der Waals surface area (Å²) in [5, 5.41) is 12.3. The first-order chi connectivity index (χ1) is 31.3. The number of anilines is 2. The number of amides is 1. The van der Waals surface area contributed by atoms with Gasteiger partial charge in [-0.05, 0) is 99.2 Å². The zero-order valence-corrected chi connectivity index (χ0v) is 39.8. The van der Waals surface area contributed by atoms with Gasteiger partial charge < -0.3 is 66.9 Å². The van der Waals surface area contributed by atoms with Crippen LogP contribution in [-0.4, -0.2) is 147 Å². The molecule has 1 atom stereocenters. The third kappa shape index (κ3) is 29.4. The lowest BCUT2D eigenvalue weighted by atomic mass is 10.1. The molecule has 2 aromatic carbocycles. The topological polar surface area (TPSA) is 296 Å². The number of guanidine groups is 2. The zero-order valence-electron chi connectivity index (χ0n) is 38.2. The van der Waals surface area contributed by atoms with Crippen molar-refractivity contribution in [2.24, 2.45) is 33.0 Å². The van der Waals surface area contributed by atoms with E-state index in [0.717, 1.165) is 51.1 Å². The van der Waals surface area contributed by atoms with Crippen LogP contribution in [0.2, 0.25) is 0 Å². The molecule has 1 amide bonds. The number of nitrogens with one attached hydrogen (secondary N) is 4. The Labute approximate surface area is 391 Å². The predicted molar refractivity (Wildman–Crippen MR) is 262 cm³/mol. The standard InChI is InChI=1S/C28H44N10O4S.C7H11NO3.C6H6OS.C2H7N/c1-21-22(19-39)4-3-5-26(21)34-10-13-40-16-17-41-15-12-38(32)18-23(29)20-42-14-11-35-43-25-8-6-24(7-9-25)36-28(31)37-27(30)33-2;1-8(6-11)7(5-10)3-2-4-9;1-5-2-3-8-6(5)4-7;1-3-2/h3-9,18-19,34-35H,10-17,20,29,32H2,1-2H3,(H5,30,31,33,36,37);4-7H,2-3H2,1H3;2-4H,1H3;3H,1-2H3/b23-18-;;;. The zero-order chi connectivity index (χ0) is 48.7. The maximum absolute atomic E-state index is 11.0. The van der Waals surface area contributed by atoms with Crippen LogP contribution in [0.5, 0.6) is 0 Å². The van der Waals surface area contributed by atoms with E-state index in [4.69, 9.17) is 37.3 Å². The van der Waals surface area contributed by atoms with Gasteiger partial charge in [0.05, 0.1) is 62.8 Å². The second-order valence-corrected chi connectivity index (χ2v) is 15.2. The maximum Gasteiger partial charge on any atom is 0.218 e. The lowest BCUT2D eigenvalue weighted by Crippen LogP contribution is -2.31. The normalized spacial score (nSPS) is 11.5. The van der Waals surface area contributed by atoms with Crippen molar-refractivity contribution in [1.29, 1.82) is 0 Å². The van der Waals surface area contributed by atoms with Crippen molar-refractivity contribution in [3.8, 4) is 0 Å². The quantitative estimate of drug-likeness (QED) is 0.0104. The molecule has 0 aliphatic rings. The molecule has 1 aromatic heterocycles. The third-order valence-corrected chi connectivity index (χ3v) is 9.90. The Hall–Kier alpha value is -5.72. The number of aldehydes is 4. The summed E-state index contributed by atoms with van der Waals surface area (Å²) in [6, 6.07) is 14.7. The molecule has 0 saturated heterocycles. The number of hydrogen-bond acceptors (Lipinski definition) is 17. The van der Waals surface area contributed by atoms with Crippen LogP contribution < -0.4 is 43.7 Å². The molecule has 0 aliphatic carbocycles. The van der Waals surface area contributed by atoms with E-state index in [1.54, 1.807) is 12.3 Å². The Morgan fingerprint density at radius 3 is 2.14 bits per heavy atom. The van der Waals surface area contributed by atoms with E-state index >= 15 is 0 Å². The maximum atomic E-state index is 11.0. The molecule has 0 fully saturated rings. The van der Waals surface area contributed by atoms with E-state index in [1.807, 2.05) is 75.8 Å². The van der Waals surface area contributed by atoms with E-state index in [-0.39, 0.29) is 18.5 Å². The minimum Gasteiger partial charge on any atom is -0.399 e. The summed E-state index contributed by atoms with van der Waals surface area (Å²) in [4.78, 5) is 62.2. The summed E-state index contributed by atoms with van der Waals surface area (Å²) in [6.07, 6.45) is 6.06. The molecule has 3 rings (SSSR count). The number of benzene rings is 2. The van der Waals surface area contributed by atoms with Crippen molar-refractivity contribution in [3.05, 3.63) is 87.4 Å². The van der Waals surface area contributed by atoms with Gasteiger partial charge in [0.2, 0.25) is 18.3 Å². The highest BCUT2D eigenvalue weighted by atomic mass is 32.2. The highest BCUT2D eigenvalue weighted by Gasteiger charge is 2.10. The molecular weight excluding hydrogens is 877 g/mol.